The molecule has 0 aromatic heterocycles. The molecule has 0 heterocycles. The van der Waals surface area contributed by atoms with Crippen molar-refractivity contribution in [3.8, 4) is 0 Å². The van der Waals surface area contributed by atoms with E-state index in [0.29, 0.717) is 10.5 Å². The Hall–Kier alpha value is -3.07. The second-order valence-corrected chi connectivity index (χ2v) is 8.39. The van der Waals surface area contributed by atoms with Gasteiger partial charge in [0.05, 0.1) is 17.9 Å². The second kappa shape index (κ2) is 11.9. The van der Waals surface area contributed by atoms with E-state index in [-0.39, 0.29) is 18.6 Å². The molecule has 0 bridgehead atoms. The topological polar surface area (TPSA) is 102 Å². The van der Waals surface area contributed by atoms with Gasteiger partial charge in [0.15, 0.2) is 0 Å². The second-order valence-electron chi connectivity index (χ2n) is 6.82. The lowest BCUT2D eigenvalue weighted by Crippen LogP contribution is -2.52. The molecule has 31 heavy (non-hydrogen) atoms. The summed E-state index contributed by atoms with van der Waals surface area (Å²) >= 11 is 0. The Morgan fingerprint density at radius 2 is 1.74 bits per heavy atom. The highest BCUT2D eigenvalue weighted by Crippen LogP contribution is 2.10. The molecular weight excluding hydrogens is 423 g/mol. The number of carbonyl (C=O) groups is 3. The molecule has 0 unspecified atom stereocenters. The Morgan fingerprint density at radius 1 is 1.03 bits per heavy atom. The smallest absolute Gasteiger partial charge is 0.328 e. The van der Waals surface area contributed by atoms with Crippen molar-refractivity contribution in [3.63, 3.8) is 0 Å². The summed E-state index contributed by atoms with van der Waals surface area (Å²) in [5.41, 5.74) is 0.508. The summed E-state index contributed by atoms with van der Waals surface area (Å²) in [6, 6.07) is 12.4. The van der Waals surface area contributed by atoms with Gasteiger partial charge in [-0.15, -0.1) is 0 Å². The first-order valence-electron chi connectivity index (χ1n) is 9.63. The standard InChI is InChI=1S/C22H25FN2O5S/c1-15(26)24-20(14-16-7-6-8-17(23)13-16)21(27)25-19(22(28)30-2)11-12-31(29)18-9-4-3-5-10-18/h3-10,13,19-20H,11-12,14H2,1-2H3,(H,24,26)(H,25,27)/t19-,20+,31+/m0/s1. The van der Waals surface area contributed by atoms with Crippen LogP contribution in [0, 0.1) is 5.82 Å². The maximum absolute atomic E-state index is 13.5. The van der Waals surface area contributed by atoms with Gasteiger partial charge in [0, 0.05) is 24.0 Å². The van der Waals surface area contributed by atoms with Crippen LogP contribution in [-0.4, -0.2) is 46.9 Å². The number of benzene rings is 2. The van der Waals surface area contributed by atoms with Crippen molar-refractivity contribution in [2.45, 2.75) is 36.7 Å². The van der Waals surface area contributed by atoms with Gasteiger partial charge in [0.2, 0.25) is 11.8 Å². The quantitative estimate of drug-likeness (QED) is 0.539. The summed E-state index contributed by atoms with van der Waals surface area (Å²) in [4.78, 5) is 37.2. The summed E-state index contributed by atoms with van der Waals surface area (Å²) in [6.45, 7) is 1.26. The molecule has 2 aromatic carbocycles. The van der Waals surface area contributed by atoms with Gasteiger partial charge in [-0.3, -0.25) is 13.8 Å². The van der Waals surface area contributed by atoms with Gasteiger partial charge in [0.1, 0.15) is 17.9 Å². The molecule has 0 saturated heterocycles. The van der Waals surface area contributed by atoms with Gasteiger partial charge in [-0.25, -0.2) is 9.18 Å². The van der Waals surface area contributed by atoms with E-state index in [2.05, 4.69) is 10.6 Å². The van der Waals surface area contributed by atoms with Crippen LogP contribution in [0.1, 0.15) is 18.9 Å². The molecule has 0 fully saturated rings. The number of amides is 2. The lowest BCUT2D eigenvalue weighted by atomic mass is 10.0. The third-order valence-corrected chi connectivity index (χ3v) is 5.83. The van der Waals surface area contributed by atoms with Crippen molar-refractivity contribution in [1.82, 2.24) is 10.6 Å². The number of nitrogens with one attached hydrogen (secondary N) is 2. The fourth-order valence-electron chi connectivity index (χ4n) is 2.93. The molecule has 2 rings (SSSR count). The molecule has 2 N–H and O–H groups in total. The number of hydrogen-bond acceptors (Lipinski definition) is 5. The Kier molecular flexibility index (Phi) is 9.33. The summed E-state index contributed by atoms with van der Waals surface area (Å²) in [6.07, 6.45) is 0.111. The van der Waals surface area contributed by atoms with Crippen molar-refractivity contribution >= 4 is 28.6 Å². The molecule has 0 spiro atoms. The van der Waals surface area contributed by atoms with Crippen molar-refractivity contribution in [3.05, 3.63) is 66.0 Å². The molecule has 166 valence electrons. The fourth-order valence-corrected chi connectivity index (χ4v) is 4.08. The lowest BCUT2D eigenvalue weighted by Gasteiger charge is -2.22. The van der Waals surface area contributed by atoms with Crippen LogP contribution in [0.15, 0.2) is 59.5 Å². The number of esters is 1. The number of ether oxygens (including phenoxy) is 1. The Balaban J connectivity index is 2.08. The molecule has 2 amide bonds. The van der Waals surface area contributed by atoms with Gasteiger partial charge in [-0.2, -0.15) is 0 Å². The normalized spacial score (nSPS) is 13.5. The Labute approximate surface area is 182 Å². The zero-order chi connectivity index (χ0) is 22.8. The van der Waals surface area contributed by atoms with E-state index in [0.717, 1.165) is 0 Å². The van der Waals surface area contributed by atoms with Crippen LogP contribution >= 0.6 is 0 Å². The van der Waals surface area contributed by atoms with Gasteiger partial charge in [0.25, 0.3) is 0 Å². The highest BCUT2D eigenvalue weighted by Gasteiger charge is 2.27. The van der Waals surface area contributed by atoms with E-state index in [4.69, 9.17) is 4.74 Å². The van der Waals surface area contributed by atoms with Crippen molar-refractivity contribution in [1.29, 1.82) is 0 Å². The minimum atomic E-state index is -1.36. The minimum absolute atomic E-state index is 0.0347. The molecule has 0 radical (unpaired) electrons. The van der Waals surface area contributed by atoms with Crippen LogP contribution in [0.25, 0.3) is 0 Å². The number of methoxy groups -OCH3 is 1. The largest absolute Gasteiger partial charge is 0.467 e. The Morgan fingerprint density at radius 3 is 2.35 bits per heavy atom. The molecular formula is C22H25FN2O5S. The average Bonchev–Trinajstić information content (AvgIpc) is 2.75. The number of rotatable bonds is 10. The molecule has 3 atom stereocenters. The van der Waals surface area contributed by atoms with E-state index in [1.807, 2.05) is 0 Å². The first-order chi connectivity index (χ1) is 14.8. The highest BCUT2D eigenvalue weighted by atomic mass is 32.2. The number of halogens is 1. The maximum Gasteiger partial charge on any atom is 0.328 e. The predicted octanol–water partition coefficient (Wildman–Crippen LogP) is 1.73. The number of hydrogen-bond donors (Lipinski definition) is 2. The first-order valence-corrected chi connectivity index (χ1v) is 10.9. The van der Waals surface area contributed by atoms with Crippen molar-refractivity contribution in [2.75, 3.05) is 12.9 Å². The summed E-state index contributed by atoms with van der Waals surface area (Å²) in [5.74, 6) is -2.10. The fraction of sp³-hybridized carbons (Fsp3) is 0.318. The van der Waals surface area contributed by atoms with Crippen molar-refractivity contribution in [2.24, 2.45) is 0 Å². The van der Waals surface area contributed by atoms with Gasteiger partial charge < -0.3 is 15.4 Å². The molecule has 0 aliphatic rings. The lowest BCUT2D eigenvalue weighted by molar-refractivity contribution is -0.145. The minimum Gasteiger partial charge on any atom is -0.467 e. The van der Waals surface area contributed by atoms with Gasteiger partial charge in [-0.1, -0.05) is 30.3 Å². The molecule has 0 aliphatic carbocycles. The Bertz CT molecular complexity index is 939. The van der Waals surface area contributed by atoms with Crippen molar-refractivity contribution < 1.29 is 27.7 Å². The zero-order valence-electron chi connectivity index (χ0n) is 17.3. The molecule has 7 nitrogen and oxygen atoms in total. The molecule has 0 saturated carbocycles. The van der Waals surface area contributed by atoms with Crippen LogP contribution in [-0.2, 0) is 36.3 Å². The van der Waals surface area contributed by atoms with Crippen LogP contribution in [0.5, 0.6) is 0 Å². The third kappa shape index (κ3) is 7.93. The molecule has 9 heteroatoms. The third-order valence-electron chi connectivity index (χ3n) is 4.42. The van der Waals surface area contributed by atoms with Crippen LogP contribution in [0.4, 0.5) is 4.39 Å². The van der Waals surface area contributed by atoms with E-state index < -0.39 is 46.5 Å². The van der Waals surface area contributed by atoms with E-state index >= 15 is 0 Å². The first kappa shape index (κ1) is 24.2. The van der Waals surface area contributed by atoms with Gasteiger partial charge >= 0.3 is 5.97 Å². The summed E-state index contributed by atoms with van der Waals surface area (Å²) < 4.78 is 30.7. The summed E-state index contributed by atoms with van der Waals surface area (Å²) in [5, 5.41) is 5.07. The highest BCUT2D eigenvalue weighted by molar-refractivity contribution is 7.85. The number of carbonyl (C=O) groups excluding carboxylic acids is 3. The average molecular weight is 449 g/mol. The van der Waals surface area contributed by atoms with E-state index in [9.17, 15) is 23.0 Å². The van der Waals surface area contributed by atoms with E-state index in [1.54, 1.807) is 36.4 Å². The van der Waals surface area contributed by atoms with Crippen LogP contribution in [0.2, 0.25) is 0 Å². The predicted molar refractivity (Wildman–Crippen MR) is 114 cm³/mol. The van der Waals surface area contributed by atoms with E-state index in [1.165, 1.54) is 32.2 Å². The van der Waals surface area contributed by atoms with Gasteiger partial charge in [-0.05, 0) is 36.2 Å². The molecule has 2 aromatic rings. The monoisotopic (exact) mass is 448 g/mol. The summed E-state index contributed by atoms with van der Waals surface area (Å²) in [7, 11) is -0.174. The van der Waals surface area contributed by atoms with Crippen LogP contribution < -0.4 is 10.6 Å². The van der Waals surface area contributed by atoms with Crippen LogP contribution in [0.3, 0.4) is 0 Å². The maximum atomic E-state index is 13.5. The SMILES string of the molecule is COC(=O)[C@H](CC[S@@](=O)c1ccccc1)NC(=O)[C@@H](Cc1cccc(F)c1)NC(C)=O. The molecule has 0 aliphatic heterocycles. The zero-order valence-corrected chi connectivity index (χ0v) is 18.1.